The van der Waals surface area contributed by atoms with Crippen molar-refractivity contribution in [2.75, 3.05) is 17.2 Å². The molecule has 6 nitrogen and oxygen atoms in total. The number of nitrogens with zero attached hydrogens (tertiary/aromatic N) is 1. The van der Waals surface area contributed by atoms with Gasteiger partial charge in [-0.3, -0.25) is 9.59 Å². The van der Waals surface area contributed by atoms with Crippen LogP contribution < -0.4 is 15.4 Å². The molecule has 2 amide bonds. The number of anilines is 2. The molecule has 35 heavy (non-hydrogen) atoms. The molecule has 0 saturated heterocycles. The Kier molecular flexibility index (Phi) is 8.85. The fourth-order valence-electron chi connectivity index (χ4n) is 3.32. The summed E-state index contributed by atoms with van der Waals surface area (Å²) in [6, 6.07) is 18.5. The number of benzene rings is 3. The maximum Gasteiger partial charge on any atom is 0.266 e. The van der Waals surface area contributed by atoms with E-state index in [1.807, 2.05) is 63.2 Å². The predicted molar refractivity (Wildman–Crippen MR) is 145 cm³/mol. The van der Waals surface area contributed by atoms with Gasteiger partial charge in [-0.25, -0.2) is 0 Å². The van der Waals surface area contributed by atoms with E-state index in [0.29, 0.717) is 25.9 Å². The number of carbonyl (C=O) groups is 2. The highest BCUT2D eigenvalue weighted by atomic mass is 79.9. The lowest BCUT2D eigenvalue weighted by atomic mass is 10.1. The SMILES string of the molecule is Cc1cccc(NC(=O)/C(C#N)=C/c2cc(Br)c(OCC(=O)Nc3ccc(C)cc3C)c(Br)c2)c1. The van der Waals surface area contributed by atoms with E-state index in [-0.39, 0.29) is 18.1 Å². The molecule has 0 aliphatic heterocycles. The Morgan fingerprint density at radius 3 is 2.29 bits per heavy atom. The monoisotopic (exact) mass is 595 g/mol. The number of nitriles is 1. The fourth-order valence-corrected chi connectivity index (χ4v) is 4.77. The molecule has 0 saturated carbocycles. The minimum absolute atomic E-state index is 0.0492. The zero-order chi connectivity index (χ0) is 25.5. The van der Waals surface area contributed by atoms with Gasteiger partial charge in [0.25, 0.3) is 11.8 Å². The Labute approximate surface area is 221 Å². The summed E-state index contributed by atoms with van der Waals surface area (Å²) in [5, 5.41) is 15.1. The normalized spacial score (nSPS) is 10.9. The average Bonchev–Trinajstić information content (AvgIpc) is 2.78. The van der Waals surface area contributed by atoms with Gasteiger partial charge < -0.3 is 15.4 Å². The van der Waals surface area contributed by atoms with Crippen LogP contribution in [0, 0.1) is 32.1 Å². The lowest BCUT2D eigenvalue weighted by Crippen LogP contribution is -2.21. The minimum atomic E-state index is -0.506. The Morgan fingerprint density at radius 1 is 0.971 bits per heavy atom. The highest BCUT2D eigenvalue weighted by Gasteiger charge is 2.14. The highest BCUT2D eigenvalue weighted by molar-refractivity contribution is 9.11. The van der Waals surface area contributed by atoms with E-state index in [1.165, 1.54) is 6.08 Å². The van der Waals surface area contributed by atoms with E-state index in [0.717, 1.165) is 22.4 Å². The molecular formula is C27H23Br2N3O3. The van der Waals surface area contributed by atoms with Crippen LogP contribution in [0.15, 0.2) is 69.1 Å². The summed E-state index contributed by atoms with van der Waals surface area (Å²) >= 11 is 6.89. The molecule has 0 radical (unpaired) electrons. The molecule has 0 heterocycles. The van der Waals surface area contributed by atoms with E-state index in [2.05, 4.69) is 42.5 Å². The summed E-state index contributed by atoms with van der Waals surface area (Å²) in [6.45, 7) is 5.65. The van der Waals surface area contributed by atoms with Crippen LogP contribution >= 0.6 is 31.9 Å². The van der Waals surface area contributed by atoms with Crippen molar-refractivity contribution in [3.05, 3.63) is 91.4 Å². The Balaban J connectivity index is 1.70. The molecule has 3 aromatic rings. The highest BCUT2D eigenvalue weighted by Crippen LogP contribution is 2.35. The lowest BCUT2D eigenvalue weighted by molar-refractivity contribution is -0.118. The molecule has 178 valence electrons. The Morgan fingerprint density at radius 2 is 1.66 bits per heavy atom. The van der Waals surface area contributed by atoms with Gasteiger partial charge in [0.05, 0.1) is 8.95 Å². The molecule has 0 fully saturated rings. The topological polar surface area (TPSA) is 91.2 Å². The van der Waals surface area contributed by atoms with Gasteiger partial charge in [0.15, 0.2) is 6.61 Å². The number of hydrogen-bond donors (Lipinski definition) is 2. The Hall–Kier alpha value is -3.41. The lowest BCUT2D eigenvalue weighted by Gasteiger charge is -2.13. The van der Waals surface area contributed by atoms with Crippen molar-refractivity contribution < 1.29 is 14.3 Å². The number of carbonyl (C=O) groups excluding carboxylic acids is 2. The molecule has 8 heteroatoms. The average molecular weight is 597 g/mol. The molecule has 3 rings (SSSR count). The molecule has 0 spiro atoms. The van der Waals surface area contributed by atoms with Crippen molar-refractivity contribution in [1.82, 2.24) is 0 Å². The second-order valence-corrected chi connectivity index (χ2v) is 9.67. The Bertz CT molecular complexity index is 1340. The first-order valence-electron chi connectivity index (χ1n) is 10.6. The van der Waals surface area contributed by atoms with Gasteiger partial charge in [-0.1, -0.05) is 29.8 Å². The number of ether oxygens (including phenoxy) is 1. The molecule has 0 aliphatic rings. The third-order valence-corrected chi connectivity index (χ3v) is 6.15. The maximum absolute atomic E-state index is 12.6. The summed E-state index contributed by atoms with van der Waals surface area (Å²) in [6.07, 6.45) is 1.48. The molecule has 0 bridgehead atoms. The summed E-state index contributed by atoms with van der Waals surface area (Å²) in [5.41, 5.74) is 4.98. The minimum Gasteiger partial charge on any atom is -0.481 e. The van der Waals surface area contributed by atoms with Crippen LogP contribution in [0.2, 0.25) is 0 Å². The number of nitrogens with one attached hydrogen (secondary N) is 2. The van der Waals surface area contributed by atoms with E-state index in [1.54, 1.807) is 18.2 Å². The third-order valence-electron chi connectivity index (χ3n) is 4.98. The van der Waals surface area contributed by atoms with Crippen molar-refractivity contribution in [3.8, 4) is 11.8 Å². The standard InChI is InChI=1S/C27H23Br2N3O3/c1-16-5-4-6-21(10-16)31-27(34)20(14-30)11-19-12-22(28)26(23(29)13-19)35-15-25(33)32-24-8-7-17(2)9-18(24)3/h4-13H,15H2,1-3H3,(H,31,34)(H,32,33)/b20-11+. The van der Waals surface area contributed by atoms with Crippen LogP contribution in [0.4, 0.5) is 11.4 Å². The van der Waals surface area contributed by atoms with Crippen LogP contribution in [-0.4, -0.2) is 18.4 Å². The number of halogens is 2. The van der Waals surface area contributed by atoms with Gasteiger partial charge >= 0.3 is 0 Å². The molecule has 0 aliphatic carbocycles. The van der Waals surface area contributed by atoms with Crippen LogP contribution in [0.25, 0.3) is 6.08 Å². The largest absolute Gasteiger partial charge is 0.481 e. The van der Waals surface area contributed by atoms with E-state index >= 15 is 0 Å². The van der Waals surface area contributed by atoms with Gasteiger partial charge in [0, 0.05) is 11.4 Å². The summed E-state index contributed by atoms with van der Waals surface area (Å²) in [7, 11) is 0. The van der Waals surface area contributed by atoms with Crippen LogP contribution in [0.3, 0.4) is 0 Å². The first kappa shape index (κ1) is 26.2. The molecule has 2 N–H and O–H groups in total. The summed E-state index contributed by atoms with van der Waals surface area (Å²) < 4.78 is 6.85. The summed E-state index contributed by atoms with van der Waals surface area (Å²) in [4.78, 5) is 25.0. The number of amides is 2. The van der Waals surface area contributed by atoms with Crippen LogP contribution in [-0.2, 0) is 9.59 Å². The zero-order valence-electron chi connectivity index (χ0n) is 19.4. The molecule has 0 aromatic heterocycles. The fraction of sp³-hybridized carbons (Fsp3) is 0.148. The maximum atomic E-state index is 12.6. The van der Waals surface area contributed by atoms with Crippen molar-refractivity contribution in [1.29, 1.82) is 5.26 Å². The van der Waals surface area contributed by atoms with E-state index in [4.69, 9.17) is 4.74 Å². The number of hydrogen-bond acceptors (Lipinski definition) is 4. The molecule has 3 aromatic carbocycles. The second kappa shape index (κ2) is 11.8. The van der Waals surface area contributed by atoms with Crippen LogP contribution in [0.5, 0.6) is 5.75 Å². The van der Waals surface area contributed by atoms with Gasteiger partial charge in [-0.15, -0.1) is 0 Å². The van der Waals surface area contributed by atoms with Crippen molar-refractivity contribution in [2.45, 2.75) is 20.8 Å². The second-order valence-electron chi connectivity index (χ2n) is 7.96. The van der Waals surface area contributed by atoms with Gasteiger partial charge in [0.1, 0.15) is 17.4 Å². The first-order valence-corrected chi connectivity index (χ1v) is 12.2. The number of aryl methyl sites for hydroxylation is 3. The molecule has 0 unspecified atom stereocenters. The smallest absolute Gasteiger partial charge is 0.266 e. The van der Waals surface area contributed by atoms with E-state index in [9.17, 15) is 14.9 Å². The van der Waals surface area contributed by atoms with Crippen molar-refractivity contribution >= 4 is 61.1 Å². The zero-order valence-corrected chi connectivity index (χ0v) is 22.6. The van der Waals surface area contributed by atoms with E-state index < -0.39 is 5.91 Å². The van der Waals surface area contributed by atoms with Crippen molar-refractivity contribution in [3.63, 3.8) is 0 Å². The van der Waals surface area contributed by atoms with Crippen LogP contribution in [0.1, 0.15) is 22.3 Å². The molecule has 0 atom stereocenters. The summed E-state index contributed by atoms with van der Waals surface area (Å²) in [5.74, 6) is -0.367. The van der Waals surface area contributed by atoms with Gasteiger partial charge in [-0.2, -0.15) is 5.26 Å². The predicted octanol–water partition coefficient (Wildman–Crippen LogP) is 6.70. The number of rotatable bonds is 7. The van der Waals surface area contributed by atoms with Crippen molar-refractivity contribution in [2.24, 2.45) is 0 Å². The quantitative estimate of drug-likeness (QED) is 0.234. The molecular weight excluding hydrogens is 574 g/mol. The van der Waals surface area contributed by atoms with Gasteiger partial charge in [-0.05, 0) is 106 Å². The van der Waals surface area contributed by atoms with Gasteiger partial charge in [0.2, 0.25) is 0 Å². The third kappa shape index (κ3) is 7.28. The first-order chi connectivity index (χ1) is 16.7.